The number of hydrogen-bond donors (Lipinski definition) is 2. The molecule has 0 spiro atoms. The maximum atomic E-state index is 16.9. The van der Waals surface area contributed by atoms with Crippen LogP contribution in [-0.2, 0) is 16.0 Å². The Kier molecular flexibility index (Phi) is 7.01. The zero-order chi connectivity index (χ0) is 32.6. The van der Waals surface area contributed by atoms with Crippen LogP contribution in [0.15, 0.2) is 30.5 Å². The first-order chi connectivity index (χ1) is 22.6. The number of hydrogen-bond acceptors (Lipinski definition) is 9. The summed E-state index contributed by atoms with van der Waals surface area (Å²) in [5.74, 6) is -2.83. The number of phenols is 1. The van der Waals surface area contributed by atoms with E-state index in [0.29, 0.717) is 42.1 Å². The molecule has 4 aliphatic rings. The molecular formula is C34H33F3N6O4. The molecule has 47 heavy (non-hydrogen) atoms. The van der Waals surface area contributed by atoms with Crippen molar-refractivity contribution in [3.8, 4) is 23.0 Å². The fraction of sp³-hybridized carbons (Fsp3) is 0.441. The minimum Gasteiger partial charge on any atom is -0.508 e. The number of halogens is 3. The van der Waals surface area contributed by atoms with Crippen molar-refractivity contribution in [2.24, 2.45) is 11.8 Å². The number of pyridine rings is 1. The quantitative estimate of drug-likeness (QED) is 0.293. The lowest BCUT2D eigenvalue weighted by Crippen LogP contribution is -2.57. The van der Waals surface area contributed by atoms with Gasteiger partial charge in [0.15, 0.2) is 5.82 Å². The minimum absolute atomic E-state index is 0.112. The number of carbonyl (C=O) groups is 2. The van der Waals surface area contributed by atoms with Gasteiger partial charge >= 0.3 is 6.01 Å². The molecule has 13 heteroatoms. The summed E-state index contributed by atoms with van der Waals surface area (Å²) in [4.78, 5) is 42.7. The highest BCUT2D eigenvalue weighted by Gasteiger charge is 2.49. The van der Waals surface area contributed by atoms with Gasteiger partial charge < -0.3 is 14.7 Å². The van der Waals surface area contributed by atoms with Crippen LogP contribution in [0.1, 0.15) is 38.2 Å². The van der Waals surface area contributed by atoms with Gasteiger partial charge in [-0.1, -0.05) is 13.0 Å². The number of aryl methyl sites for hydroxylation is 1. The van der Waals surface area contributed by atoms with Crippen LogP contribution in [0.5, 0.6) is 11.8 Å². The summed E-state index contributed by atoms with van der Waals surface area (Å²) in [6.07, 6.45) is 3.17. The Morgan fingerprint density at radius 1 is 1.11 bits per heavy atom. The van der Waals surface area contributed by atoms with Crippen molar-refractivity contribution in [1.29, 1.82) is 0 Å². The number of fused-ring (bicyclic) bond motifs is 5. The Hall–Kier alpha value is -4.52. The van der Waals surface area contributed by atoms with E-state index < -0.39 is 35.2 Å². The standard InChI is InChI=1S/C34H33F3N6O4/c1-2-22-25(36)5-4-17-9-21(44)10-23(26(17)22)28-27(37)29-24(12-38-28)30(42-13-18-8-19(14-42)32(46)41-31(18)45)40-33(39-29)47-16-34-6-3-7-43(34)15-20(35)11-34/h4-5,9-10,12,18-20,44H,2-3,6-8,11,13-16H2,1H3,(H,41,45,46)/t18-,19+,20-,34+/m1/s1. The topological polar surface area (TPSA) is 121 Å². The van der Waals surface area contributed by atoms with E-state index in [-0.39, 0.29) is 71.2 Å². The summed E-state index contributed by atoms with van der Waals surface area (Å²) >= 11 is 0. The molecule has 244 valence electrons. The second kappa shape index (κ2) is 11.0. The molecule has 4 aromatic rings. The third-order valence-corrected chi connectivity index (χ3v) is 10.4. The van der Waals surface area contributed by atoms with E-state index >= 15 is 4.39 Å². The third kappa shape index (κ3) is 4.85. The van der Waals surface area contributed by atoms with Crippen molar-refractivity contribution < 1.29 is 32.6 Å². The Morgan fingerprint density at radius 3 is 2.66 bits per heavy atom. The lowest BCUT2D eigenvalue weighted by molar-refractivity contribution is -0.140. The fourth-order valence-corrected chi connectivity index (χ4v) is 8.17. The first-order valence-electron chi connectivity index (χ1n) is 16.1. The van der Waals surface area contributed by atoms with Crippen LogP contribution in [0, 0.1) is 23.5 Å². The van der Waals surface area contributed by atoms with E-state index in [9.17, 15) is 23.5 Å². The van der Waals surface area contributed by atoms with Gasteiger partial charge in [-0.15, -0.1) is 0 Å². The molecule has 0 aliphatic carbocycles. The van der Waals surface area contributed by atoms with E-state index in [1.54, 1.807) is 11.8 Å². The van der Waals surface area contributed by atoms with Gasteiger partial charge in [0.25, 0.3) is 0 Å². The van der Waals surface area contributed by atoms with Gasteiger partial charge in [0.05, 0.1) is 22.8 Å². The summed E-state index contributed by atoms with van der Waals surface area (Å²) < 4.78 is 52.5. The number of anilines is 1. The van der Waals surface area contributed by atoms with Gasteiger partial charge in [0, 0.05) is 37.8 Å². The van der Waals surface area contributed by atoms with E-state index in [2.05, 4.69) is 25.2 Å². The van der Waals surface area contributed by atoms with Gasteiger partial charge in [0.2, 0.25) is 11.8 Å². The number of nitrogens with zero attached hydrogens (tertiary/aromatic N) is 5. The van der Waals surface area contributed by atoms with Gasteiger partial charge in [-0.25, -0.2) is 13.2 Å². The van der Waals surface area contributed by atoms with Crippen molar-refractivity contribution in [2.45, 2.75) is 50.7 Å². The lowest BCUT2D eigenvalue weighted by Gasteiger charge is -2.40. The summed E-state index contributed by atoms with van der Waals surface area (Å²) in [5, 5.41) is 14.2. The maximum Gasteiger partial charge on any atom is 0.319 e. The Bertz CT molecular complexity index is 1950. The normalized spacial score (nSPS) is 25.9. The Morgan fingerprint density at radius 2 is 1.89 bits per heavy atom. The number of piperidine rings is 2. The molecule has 4 saturated heterocycles. The van der Waals surface area contributed by atoms with E-state index in [1.807, 2.05) is 0 Å². The van der Waals surface area contributed by atoms with Crippen LogP contribution in [0.25, 0.3) is 32.9 Å². The lowest BCUT2D eigenvalue weighted by atomic mass is 9.84. The van der Waals surface area contributed by atoms with Crippen molar-refractivity contribution in [1.82, 2.24) is 25.2 Å². The first-order valence-corrected chi connectivity index (χ1v) is 16.1. The van der Waals surface area contributed by atoms with Crippen LogP contribution in [0.4, 0.5) is 19.0 Å². The minimum atomic E-state index is -0.968. The number of phenolic OH excluding ortho intramolecular Hbond substituents is 1. The molecule has 10 nitrogen and oxygen atoms in total. The average Bonchev–Trinajstić information content (AvgIpc) is 3.58. The van der Waals surface area contributed by atoms with Gasteiger partial charge in [-0.05, 0) is 66.8 Å². The number of rotatable bonds is 6. The number of benzene rings is 2. The van der Waals surface area contributed by atoms with E-state index in [4.69, 9.17) is 4.74 Å². The van der Waals surface area contributed by atoms with Crippen LogP contribution in [0.3, 0.4) is 0 Å². The van der Waals surface area contributed by atoms with Crippen LogP contribution in [-0.4, -0.2) is 81.3 Å². The highest BCUT2D eigenvalue weighted by Crippen LogP contribution is 2.42. The van der Waals surface area contributed by atoms with Crippen LogP contribution >= 0.6 is 0 Å². The number of nitrogens with one attached hydrogen (secondary N) is 1. The first kappa shape index (κ1) is 29.9. The van der Waals surface area contributed by atoms with E-state index in [1.165, 1.54) is 30.5 Å². The molecule has 2 bridgehead atoms. The highest BCUT2D eigenvalue weighted by atomic mass is 19.1. The molecule has 2 aromatic heterocycles. The molecule has 2 amide bonds. The van der Waals surface area contributed by atoms with Crippen molar-refractivity contribution >= 4 is 39.3 Å². The van der Waals surface area contributed by atoms with Gasteiger partial charge in [-0.3, -0.25) is 24.8 Å². The van der Waals surface area contributed by atoms with Crippen molar-refractivity contribution in [3.63, 3.8) is 0 Å². The monoisotopic (exact) mass is 646 g/mol. The smallest absolute Gasteiger partial charge is 0.319 e. The average molecular weight is 647 g/mol. The predicted octanol–water partition coefficient (Wildman–Crippen LogP) is 4.45. The Balaban J connectivity index is 1.28. The molecule has 0 unspecified atom stereocenters. The van der Waals surface area contributed by atoms with Crippen LogP contribution in [0.2, 0.25) is 0 Å². The molecule has 2 aromatic carbocycles. The number of alkyl halides is 1. The van der Waals surface area contributed by atoms with Crippen molar-refractivity contribution in [2.75, 3.05) is 37.7 Å². The highest BCUT2D eigenvalue weighted by molar-refractivity contribution is 6.03. The zero-order valence-electron chi connectivity index (χ0n) is 25.7. The fourth-order valence-electron chi connectivity index (χ4n) is 8.17. The summed E-state index contributed by atoms with van der Waals surface area (Å²) in [5.41, 5.74) is -0.210. The number of amides is 2. The Labute approximate surface area is 267 Å². The molecule has 6 heterocycles. The number of aromatic nitrogens is 3. The molecular weight excluding hydrogens is 613 g/mol. The SMILES string of the molecule is CCc1c(F)ccc2cc(O)cc(-c3ncc4c(N5C[C@H]6C[C@@H](C5)C(=O)NC6=O)nc(OC[C@@]56CCCN5C[C@H](F)C6)nc4c3F)c12. The number of ether oxygens (including phenoxy) is 1. The molecule has 4 aliphatic heterocycles. The van der Waals surface area contributed by atoms with Gasteiger partial charge in [-0.2, -0.15) is 9.97 Å². The second-order valence-corrected chi connectivity index (χ2v) is 13.2. The van der Waals surface area contributed by atoms with Gasteiger partial charge in [0.1, 0.15) is 41.4 Å². The third-order valence-electron chi connectivity index (χ3n) is 10.4. The predicted molar refractivity (Wildman–Crippen MR) is 167 cm³/mol. The number of aromatic hydroxyl groups is 1. The molecule has 4 atom stereocenters. The zero-order valence-corrected chi connectivity index (χ0v) is 25.7. The molecule has 2 N–H and O–H groups in total. The summed E-state index contributed by atoms with van der Waals surface area (Å²) in [7, 11) is 0. The second-order valence-electron chi connectivity index (χ2n) is 13.2. The van der Waals surface area contributed by atoms with Crippen molar-refractivity contribution in [3.05, 3.63) is 47.7 Å². The van der Waals surface area contributed by atoms with E-state index in [0.717, 1.165) is 19.4 Å². The number of imide groups is 1. The summed E-state index contributed by atoms with van der Waals surface area (Å²) in [6, 6.07) is 5.56. The maximum absolute atomic E-state index is 16.9. The largest absolute Gasteiger partial charge is 0.508 e. The molecule has 8 rings (SSSR count). The number of carbonyl (C=O) groups excluding carboxylic acids is 2. The molecule has 0 saturated carbocycles. The molecule has 0 radical (unpaired) electrons. The summed E-state index contributed by atoms with van der Waals surface area (Å²) in [6.45, 7) is 3.48. The molecule has 4 fully saturated rings. The van der Waals surface area contributed by atoms with Crippen LogP contribution < -0.4 is 15.0 Å².